The summed E-state index contributed by atoms with van der Waals surface area (Å²) in [6.07, 6.45) is 3.26. The van der Waals surface area contributed by atoms with Gasteiger partial charge >= 0.3 is 0 Å². The highest BCUT2D eigenvalue weighted by atomic mass is 32.2. The molecule has 0 spiro atoms. The predicted octanol–water partition coefficient (Wildman–Crippen LogP) is 0.899. The summed E-state index contributed by atoms with van der Waals surface area (Å²) < 4.78 is 26.5. The maximum absolute atomic E-state index is 11.6. The Morgan fingerprint density at radius 1 is 1.45 bits per heavy atom. The number of anilines is 1. The average molecular weight is 298 g/mol. The van der Waals surface area contributed by atoms with E-state index in [4.69, 9.17) is 4.18 Å². The van der Waals surface area contributed by atoms with Crippen LogP contribution in [-0.2, 0) is 31.9 Å². The topological polar surface area (TPSA) is 76.6 Å². The molecule has 1 aromatic heterocycles. The molecular formula is C13H18N2O4S. The molecule has 7 heteroatoms. The minimum absolute atomic E-state index is 0.0250. The summed E-state index contributed by atoms with van der Waals surface area (Å²) in [5.74, 6) is 0.670. The van der Waals surface area contributed by atoms with Gasteiger partial charge in [0.05, 0.1) is 12.9 Å². The van der Waals surface area contributed by atoms with Crippen molar-refractivity contribution in [3.05, 3.63) is 23.4 Å². The van der Waals surface area contributed by atoms with Gasteiger partial charge in [-0.3, -0.25) is 13.9 Å². The van der Waals surface area contributed by atoms with Gasteiger partial charge in [0.1, 0.15) is 5.82 Å². The third-order valence-corrected chi connectivity index (χ3v) is 3.73. The van der Waals surface area contributed by atoms with Crippen LogP contribution in [0, 0.1) is 0 Å². The van der Waals surface area contributed by atoms with E-state index in [1.54, 1.807) is 4.90 Å². The SMILES string of the molecule is CC(=O)N1CCCc2ccc(CCOS(C)(=O)=O)nc21. The minimum atomic E-state index is -3.43. The van der Waals surface area contributed by atoms with Crippen molar-refractivity contribution in [2.45, 2.75) is 26.2 Å². The summed E-state index contributed by atoms with van der Waals surface area (Å²) in [4.78, 5) is 17.7. The molecule has 0 atom stereocenters. The molecule has 0 bridgehead atoms. The second-order valence-electron chi connectivity index (χ2n) is 4.84. The summed E-state index contributed by atoms with van der Waals surface area (Å²) >= 11 is 0. The van der Waals surface area contributed by atoms with Crippen LogP contribution in [0.4, 0.5) is 5.82 Å². The van der Waals surface area contributed by atoms with E-state index in [0.29, 0.717) is 18.8 Å². The molecule has 1 aliphatic rings. The van der Waals surface area contributed by atoms with Crippen molar-refractivity contribution in [2.75, 3.05) is 24.3 Å². The molecule has 20 heavy (non-hydrogen) atoms. The Kier molecular flexibility index (Phi) is 4.39. The lowest BCUT2D eigenvalue weighted by Crippen LogP contribution is -2.34. The van der Waals surface area contributed by atoms with E-state index in [-0.39, 0.29) is 12.5 Å². The van der Waals surface area contributed by atoms with Crippen LogP contribution in [0.15, 0.2) is 12.1 Å². The molecule has 0 saturated carbocycles. The Morgan fingerprint density at radius 3 is 2.85 bits per heavy atom. The number of carbonyl (C=O) groups is 1. The van der Waals surface area contributed by atoms with Crippen LogP contribution < -0.4 is 4.90 Å². The van der Waals surface area contributed by atoms with Crippen LogP contribution in [0.1, 0.15) is 24.6 Å². The standard InChI is InChI=1S/C13H18N2O4S/c1-10(16)15-8-3-4-11-5-6-12(14-13(11)15)7-9-19-20(2,17)18/h5-6H,3-4,7-9H2,1-2H3. The maximum Gasteiger partial charge on any atom is 0.264 e. The van der Waals surface area contributed by atoms with E-state index in [1.165, 1.54) is 6.92 Å². The van der Waals surface area contributed by atoms with Gasteiger partial charge in [0.25, 0.3) is 10.1 Å². The zero-order valence-corrected chi connectivity index (χ0v) is 12.4. The summed E-state index contributed by atoms with van der Waals surface area (Å²) in [6, 6.07) is 3.81. The minimum Gasteiger partial charge on any atom is -0.297 e. The van der Waals surface area contributed by atoms with E-state index >= 15 is 0 Å². The number of aryl methyl sites for hydroxylation is 1. The second kappa shape index (κ2) is 5.88. The Hall–Kier alpha value is -1.47. The van der Waals surface area contributed by atoms with E-state index in [1.807, 2.05) is 12.1 Å². The van der Waals surface area contributed by atoms with Crippen LogP contribution in [0.25, 0.3) is 0 Å². The lowest BCUT2D eigenvalue weighted by atomic mass is 10.0. The third-order valence-electron chi connectivity index (χ3n) is 3.13. The first-order chi connectivity index (χ1) is 9.37. The van der Waals surface area contributed by atoms with Crippen molar-refractivity contribution in [1.29, 1.82) is 0 Å². The summed E-state index contributed by atoms with van der Waals surface area (Å²) in [7, 11) is -3.43. The molecule has 0 radical (unpaired) electrons. The largest absolute Gasteiger partial charge is 0.297 e. The highest BCUT2D eigenvalue weighted by Crippen LogP contribution is 2.25. The Bertz CT molecular complexity index is 613. The molecular weight excluding hydrogens is 280 g/mol. The lowest BCUT2D eigenvalue weighted by molar-refractivity contribution is -0.116. The number of amides is 1. The molecule has 110 valence electrons. The zero-order chi connectivity index (χ0) is 14.8. The van der Waals surface area contributed by atoms with Crippen LogP contribution >= 0.6 is 0 Å². The monoisotopic (exact) mass is 298 g/mol. The number of hydrogen-bond donors (Lipinski definition) is 0. The maximum atomic E-state index is 11.6. The number of nitrogens with zero attached hydrogens (tertiary/aromatic N) is 2. The van der Waals surface area contributed by atoms with Gasteiger partial charge in [-0.1, -0.05) is 6.07 Å². The van der Waals surface area contributed by atoms with Crippen molar-refractivity contribution in [2.24, 2.45) is 0 Å². The van der Waals surface area contributed by atoms with Crippen LogP contribution in [0.5, 0.6) is 0 Å². The first kappa shape index (κ1) is 14.9. The van der Waals surface area contributed by atoms with Crippen molar-refractivity contribution >= 4 is 21.8 Å². The molecule has 1 aromatic rings. The number of rotatable bonds is 4. The van der Waals surface area contributed by atoms with Gasteiger partial charge in [-0.15, -0.1) is 0 Å². The molecule has 0 fully saturated rings. The summed E-state index contributed by atoms with van der Waals surface area (Å²) in [6.45, 7) is 2.26. The van der Waals surface area contributed by atoms with Gasteiger partial charge in [0.15, 0.2) is 0 Å². The van der Waals surface area contributed by atoms with Crippen molar-refractivity contribution < 1.29 is 17.4 Å². The van der Waals surface area contributed by atoms with Gasteiger partial charge in [-0.25, -0.2) is 4.98 Å². The molecule has 0 saturated heterocycles. The molecule has 0 aromatic carbocycles. The highest BCUT2D eigenvalue weighted by Gasteiger charge is 2.21. The third kappa shape index (κ3) is 3.77. The molecule has 1 amide bonds. The fourth-order valence-corrected chi connectivity index (χ4v) is 2.61. The van der Waals surface area contributed by atoms with E-state index in [2.05, 4.69) is 4.98 Å². The molecule has 0 unspecified atom stereocenters. The number of aromatic nitrogens is 1. The molecule has 1 aliphatic heterocycles. The van der Waals surface area contributed by atoms with Crippen LogP contribution in [0.3, 0.4) is 0 Å². The Labute approximate surface area is 118 Å². The first-order valence-electron chi connectivity index (χ1n) is 6.48. The van der Waals surface area contributed by atoms with E-state index < -0.39 is 10.1 Å². The van der Waals surface area contributed by atoms with Gasteiger partial charge in [0.2, 0.25) is 5.91 Å². The molecule has 0 N–H and O–H groups in total. The van der Waals surface area contributed by atoms with Crippen LogP contribution in [-0.4, -0.2) is 38.7 Å². The summed E-state index contributed by atoms with van der Waals surface area (Å²) in [5, 5.41) is 0. The van der Waals surface area contributed by atoms with Gasteiger partial charge in [-0.2, -0.15) is 8.42 Å². The molecule has 2 rings (SSSR count). The molecule has 6 nitrogen and oxygen atoms in total. The number of carbonyl (C=O) groups excluding carboxylic acids is 1. The molecule has 0 aliphatic carbocycles. The summed E-state index contributed by atoms with van der Waals surface area (Å²) in [5.41, 5.74) is 1.78. The zero-order valence-electron chi connectivity index (χ0n) is 11.6. The van der Waals surface area contributed by atoms with Gasteiger partial charge in [-0.05, 0) is 24.5 Å². The smallest absolute Gasteiger partial charge is 0.264 e. The van der Waals surface area contributed by atoms with Crippen molar-refractivity contribution in [3.63, 3.8) is 0 Å². The van der Waals surface area contributed by atoms with Crippen molar-refractivity contribution in [3.8, 4) is 0 Å². The average Bonchev–Trinajstić information content (AvgIpc) is 2.36. The fourth-order valence-electron chi connectivity index (χ4n) is 2.22. The number of fused-ring (bicyclic) bond motifs is 1. The van der Waals surface area contributed by atoms with Crippen LogP contribution in [0.2, 0.25) is 0 Å². The Morgan fingerprint density at radius 2 is 2.20 bits per heavy atom. The quantitative estimate of drug-likeness (QED) is 0.772. The second-order valence-corrected chi connectivity index (χ2v) is 6.48. The lowest BCUT2D eigenvalue weighted by Gasteiger charge is -2.27. The Balaban J connectivity index is 2.13. The van der Waals surface area contributed by atoms with E-state index in [0.717, 1.165) is 30.4 Å². The first-order valence-corrected chi connectivity index (χ1v) is 8.30. The number of pyridine rings is 1. The van der Waals surface area contributed by atoms with E-state index in [9.17, 15) is 13.2 Å². The van der Waals surface area contributed by atoms with Gasteiger partial charge < -0.3 is 0 Å². The molecule has 2 heterocycles. The predicted molar refractivity (Wildman–Crippen MR) is 75.1 cm³/mol. The van der Waals surface area contributed by atoms with Gasteiger partial charge in [0, 0.05) is 25.6 Å². The normalized spacial score (nSPS) is 15.0. The fraction of sp³-hybridized carbons (Fsp3) is 0.538. The highest BCUT2D eigenvalue weighted by molar-refractivity contribution is 7.85. The number of hydrogen-bond acceptors (Lipinski definition) is 5. The van der Waals surface area contributed by atoms with Crippen molar-refractivity contribution in [1.82, 2.24) is 4.98 Å².